The van der Waals surface area contributed by atoms with Crippen LogP contribution >= 0.6 is 0 Å². The maximum Gasteiger partial charge on any atom is 0.416 e. The van der Waals surface area contributed by atoms with Gasteiger partial charge in [0.15, 0.2) is 0 Å². The van der Waals surface area contributed by atoms with E-state index in [9.17, 15) is 15.0 Å². The van der Waals surface area contributed by atoms with Crippen molar-refractivity contribution >= 4 is 17.0 Å². The predicted molar refractivity (Wildman–Crippen MR) is 84.2 cm³/mol. The minimum atomic E-state index is -1.03. The molecule has 4 nitrogen and oxygen atoms in total. The number of aromatic hydroxyl groups is 1. The van der Waals surface area contributed by atoms with Crippen LogP contribution in [0.5, 0.6) is 5.75 Å². The van der Waals surface area contributed by atoms with Crippen LogP contribution in [0.2, 0.25) is 0 Å². The highest BCUT2D eigenvalue weighted by molar-refractivity contribution is 5.95. The summed E-state index contributed by atoms with van der Waals surface area (Å²) >= 11 is 0. The second-order valence-corrected chi connectivity index (χ2v) is 6.44. The number of rotatable bonds is 2. The average Bonchev–Trinajstić information content (AvgIpc) is 2.77. The van der Waals surface area contributed by atoms with E-state index in [2.05, 4.69) is 27.4 Å². The van der Waals surface area contributed by atoms with Crippen molar-refractivity contribution in [2.24, 2.45) is 5.41 Å². The first-order chi connectivity index (χ1) is 9.68. The van der Waals surface area contributed by atoms with Gasteiger partial charge in [0.2, 0.25) is 0 Å². The zero-order chi connectivity index (χ0) is 15.9. The van der Waals surface area contributed by atoms with E-state index in [1.807, 2.05) is 6.08 Å². The van der Waals surface area contributed by atoms with Crippen LogP contribution in [0.15, 0.2) is 31.0 Å². The molecule has 1 aromatic heterocycles. The number of phenols is 1. The van der Waals surface area contributed by atoms with Crippen molar-refractivity contribution in [1.82, 2.24) is 4.57 Å². The van der Waals surface area contributed by atoms with Gasteiger partial charge in [-0.2, -0.15) is 0 Å². The highest BCUT2D eigenvalue weighted by Gasteiger charge is 2.29. The van der Waals surface area contributed by atoms with Crippen LogP contribution in [0.3, 0.4) is 0 Å². The summed E-state index contributed by atoms with van der Waals surface area (Å²) in [6, 6.07) is 3.37. The molecule has 0 saturated heterocycles. The van der Waals surface area contributed by atoms with Crippen molar-refractivity contribution in [2.45, 2.75) is 33.6 Å². The van der Waals surface area contributed by atoms with E-state index in [0.29, 0.717) is 5.52 Å². The molecule has 0 bridgehead atoms. The van der Waals surface area contributed by atoms with Gasteiger partial charge in [0.1, 0.15) is 5.75 Å². The molecule has 2 N–H and O–H groups in total. The molecule has 112 valence electrons. The zero-order valence-electron chi connectivity index (χ0n) is 12.8. The van der Waals surface area contributed by atoms with Crippen molar-refractivity contribution in [1.29, 1.82) is 0 Å². The largest absolute Gasteiger partial charge is 0.508 e. The van der Waals surface area contributed by atoms with E-state index in [-0.39, 0.29) is 17.1 Å². The second-order valence-electron chi connectivity index (χ2n) is 6.44. The molecule has 0 fully saturated rings. The summed E-state index contributed by atoms with van der Waals surface area (Å²) in [6.45, 7) is 11.9. The molecule has 21 heavy (non-hydrogen) atoms. The first-order valence-electron chi connectivity index (χ1n) is 6.88. The Hall–Kier alpha value is -2.23. The Labute approximate surface area is 124 Å². The fourth-order valence-corrected chi connectivity index (χ4v) is 2.93. The van der Waals surface area contributed by atoms with Gasteiger partial charge < -0.3 is 10.2 Å². The Bertz CT molecular complexity index is 720. The van der Waals surface area contributed by atoms with Gasteiger partial charge in [0.05, 0.1) is 5.52 Å². The lowest BCUT2D eigenvalue weighted by Gasteiger charge is -2.29. The van der Waals surface area contributed by atoms with Crippen LogP contribution in [-0.4, -0.2) is 20.9 Å². The number of fused-ring (bicyclic) bond motifs is 1. The molecule has 0 spiro atoms. The fourth-order valence-electron chi connectivity index (χ4n) is 2.93. The monoisotopic (exact) mass is 287 g/mol. The number of aromatic nitrogens is 1. The van der Waals surface area contributed by atoms with Gasteiger partial charge in [-0.25, -0.2) is 4.79 Å². The number of phenolic OH excluding ortho intramolecular Hbond substituents is 1. The molecule has 1 unspecified atom stereocenters. The van der Waals surface area contributed by atoms with Gasteiger partial charge in [0, 0.05) is 23.1 Å². The minimum Gasteiger partial charge on any atom is -0.508 e. The van der Waals surface area contributed by atoms with Crippen LogP contribution in [0.1, 0.15) is 37.8 Å². The lowest BCUT2D eigenvalue weighted by Crippen LogP contribution is -2.17. The summed E-state index contributed by atoms with van der Waals surface area (Å²) < 4.78 is 1.19. The standard InChI is InChI=1S/C17H21NO3/c1-6-12(17(3,4)5)14-11-7-8-18(16(20)21)15(11)10(2)9-13(14)19/h6-9,12,19H,1H2,2-5H3,(H,20,21). The number of hydrogen-bond acceptors (Lipinski definition) is 2. The van der Waals surface area contributed by atoms with Gasteiger partial charge in [-0.15, -0.1) is 6.58 Å². The summed E-state index contributed by atoms with van der Waals surface area (Å²) in [6.07, 6.45) is 2.30. The molecule has 0 aliphatic heterocycles. The lowest BCUT2D eigenvalue weighted by atomic mass is 9.75. The molecule has 2 aromatic rings. The lowest BCUT2D eigenvalue weighted by molar-refractivity contribution is 0.197. The second kappa shape index (κ2) is 4.95. The van der Waals surface area contributed by atoms with E-state index in [1.54, 1.807) is 19.1 Å². The summed E-state index contributed by atoms with van der Waals surface area (Å²) in [5.74, 6) is 0.105. The summed E-state index contributed by atoms with van der Waals surface area (Å²) in [7, 11) is 0. The summed E-state index contributed by atoms with van der Waals surface area (Å²) in [5.41, 5.74) is 1.95. The van der Waals surface area contributed by atoms with Gasteiger partial charge >= 0.3 is 6.09 Å². The number of carboxylic acid groups (broad SMARTS) is 1. The minimum absolute atomic E-state index is 0.0785. The third-order valence-electron chi connectivity index (χ3n) is 3.86. The van der Waals surface area contributed by atoms with Gasteiger partial charge in [-0.3, -0.25) is 4.57 Å². The zero-order valence-corrected chi connectivity index (χ0v) is 12.8. The quantitative estimate of drug-likeness (QED) is 0.799. The van der Waals surface area contributed by atoms with Crippen molar-refractivity contribution < 1.29 is 15.0 Å². The van der Waals surface area contributed by atoms with Crippen LogP contribution in [-0.2, 0) is 0 Å². The number of benzene rings is 1. The smallest absolute Gasteiger partial charge is 0.416 e. The first kappa shape index (κ1) is 15.2. The molecule has 1 aromatic carbocycles. The van der Waals surface area contributed by atoms with E-state index in [4.69, 9.17) is 0 Å². The molecule has 1 heterocycles. The van der Waals surface area contributed by atoms with Crippen molar-refractivity contribution in [3.05, 3.63) is 42.1 Å². The van der Waals surface area contributed by atoms with Crippen molar-refractivity contribution in [3.8, 4) is 5.75 Å². The van der Waals surface area contributed by atoms with Gasteiger partial charge in [0.25, 0.3) is 0 Å². The van der Waals surface area contributed by atoms with Crippen LogP contribution in [0.4, 0.5) is 4.79 Å². The van der Waals surface area contributed by atoms with E-state index >= 15 is 0 Å². The third-order valence-corrected chi connectivity index (χ3v) is 3.86. The number of aryl methyl sites for hydroxylation is 1. The van der Waals surface area contributed by atoms with Crippen LogP contribution in [0, 0.1) is 12.3 Å². The Morgan fingerprint density at radius 1 is 1.43 bits per heavy atom. The number of nitrogens with zero attached hydrogens (tertiary/aromatic N) is 1. The molecule has 0 saturated carbocycles. The maximum absolute atomic E-state index is 11.3. The normalized spacial score (nSPS) is 13.3. The molecule has 0 aliphatic rings. The molecule has 2 rings (SSSR count). The van der Waals surface area contributed by atoms with E-state index in [0.717, 1.165) is 16.5 Å². The predicted octanol–water partition coefficient (Wildman–Crippen LogP) is 4.50. The molecule has 4 heteroatoms. The Morgan fingerprint density at radius 3 is 2.52 bits per heavy atom. The molecule has 0 amide bonds. The maximum atomic E-state index is 11.3. The molecule has 1 atom stereocenters. The molecule has 0 radical (unpaired) electrons. The van der Waals surface area contributed by atoms with Gasteiger partial charge in [-0.05, 0) is 30.0 Å². The van der Waals surface area contributed by atoms with Crippen molar-refractivity contribution in [3.63, 3.8) is 0 Å². The Kier molecular flexibility index (Phi) is 3.58. The van der Waals surface area contributed by atoms with Gasteiger partial charge in [-0.1, -0.05) is 26.8 Å². The number of allylic oxidation sites excluding steroid dienone is 1. The fraction of sp³-hybridized carbons (Fsp3) is 0.353. The van der Waals surface area contributed by atoms with E-state index < -0.39 is 6.09 Å². The molecule has 0 aliphatic carbocycles. The van der Waals surface area contributed by atoms with Crippen LogP contribution in [0.25, 0.3) is 10.9 Å². The summed E-state index contributed by atoms with van der Waals surface area (Å²) in [5, 5.41) is 20.4. The SMILES string of the molecule is C=CC(c1c(O)cc(C)c2c1ccn2C(=O)O)C(C)(C)C. The number of hydrogen-bond donors (Lipinski definition) is 2. The Morgan fingerprint density at radius 2 is 2.05 bits per heavy atom. The third kappa shape index (κ3) is 2.42. The first-order valence-corrected chi connectivity index (χ1v) is 6.88. The topological polar surface area (TPSA) is 62.5 Å². The van der Waals surface area contributed by atoms with E-state index in [1.165, 1.54) is 10.8 Å². The number of carbonyl (C=O) groups is 1. The highest BCUT2D eigenvalue weighted by atomic mass is 16.4. The highest BCUT2D eigenvalue weighted by Crippen LogP contribution is 2.44. The molecular weight excluding hydrogens is 266 g/mol. The van der Waals surface area contributed by atoms with Crippen LogP contribution < -0.4 is 0 Å². The summed E-state index contributed by atoms with van der Waals surface area (Å²) in [4.78, 5) is 11.3. The average molecular weight is 287 g/mol. The van der Waals surface area contributed by atoms with Crippen molar-refractivity contribution in [2.75, 3.05) is 0 Å². The molecular formula is C17H21NO3. The Balaban J connectivity index is 2.87.